The fraction of sp³-hybridized carbons (Fsp3) is 0.350. The third-order valence-electron chi connectivity index (χ3n) is 4.47. The molecule has 0 saturated carbocycles. The van der Waals surface area contributed by atoms with Gasteiger partial charge in [-0.1, -0.05) is 0 Å². The molecule has 1 N–H and O–H groups in total. The number of thiophene rings is 1. The zero-order valence-corrected chi connectivity index (χ0v) is 16.4. The van der Waals surface area contributed by atoms with Gasteiger partial charge in [0.05, 0.1) is 12.7 Å². The number of aryl methyl sites for hydroxylation is 1. The van der Waals surface area contributed by atoms with Gasteiger partial charge in [-0.3, -0.25) is 9.59 Å². The molecule has 0 spiro atoms. The Kier molecular flexibility index (Phi) is 6.08. The van der Waals surface area contributed by atoms with Crippen LogP contribution in [-0.2, 0) is 22.4 Å². The molecule has 3 rings (SSSR count). The Balaban J connectivity index is 1.76. The summed E-state index contributed by atoms with van der Waals surface area (Å²) in [6, 6.07) is 3.80. The predicted molar refractivity (Wildman–Crippen MR) is 103 cm³/mol. The molecule has 1 aliphatic rings. The lowest BCUT2D eigenvalue weighted by molar-refractivity contribution is -0.114. The smallest absolute Gasteiger partial charge is 0.341 e. The van der Waals surface area contributed by atoms with E-state index in [1.165, 1.54) is 37.5 Å². The number of anilines is 1. The molecule has 0 atom stereocenters. The van der Waals surface area contributed by atoms with E-state index in [4.69, 9.17) is 9.47 Å². The molecule has 0 radical (unpaired) electrons. The molecule has 0 aliphatic heterocycles. The largest absolute Gasteiger partial charge is 0.494 e. The number of ketones is 1. The minimum absolute atomic E-state index is 0.0263. The first-order valence-corrected chi connectivity index (χ1v) is 9.68. The van der Waals surface area contributed by atoms with Crippen molar-refractivity contribution < 1.29 is 28.2 Å². The van der Waals surface area contributed by atoms with Crippen molar-refractivity contribution in [1.82, 2.24) is 0 Å². The lowest BCUT2D eigenvalue weighted by Gasteiger charge is -2.12. The number of benzene rings is 1. The van der Waals surface area contributed by atoms with E-state index in [0.717, 1.165) is 42.2 Å². The maximum Gasteiger partial charge on any atom is 0.341 e. The summed E-state index contributed by atoms with van der Waals surface area (Å²) in [5.74, 6) is -2.11. The number of Topliss-reactive ketones (excluding diaryl/α,β-unsaturated/α-hetero) is 1. The van der Waals surface area contributed by atoms with Gasteiger partial charge in [0.1, 0.15) is 5.00 Å². The molecule has 0 bridgehead atoms. The number of hydrogen-bond donors (Lipinski definition) is 1. The number of esters is 1. The van der Waals surface area contributed by atoms with Crippen LogP contribution in [0.25, 0.3) is 0 Å². The Hall–Kier alpha value is -2.74. The van der Waals surface area contributed by atoms with Crippen LogP contribution < -0.4 is 10.1 Å². The molecule has 8 heteroatoms. The van der Waals surface area contributed by atoms with E-state index in [9.17, 15) is 18.8 Å². The first kappa shape index (κ1) is 20.0. The fourth-order valence-corrected chi connectivity index (χ4v) is 4.48. The lowest BCUT2D eigenvalue weighted by atomic mass is 9.95. The number of carbonyl (C=O) groups excluding carboxylic acids is 3. The van der Waals surface area contributed by atoms with Gasteiger partial charge in [-0.2, -0.15) is 0 Å². The van der Waals surface area contributed by atoms with E-state index in [2.05, 4.69) is 5.32 Å². The van der Waals surface area contributed by atoms with Gasteiger partial charge in [0.25, 0.3) is 0 Å². The van der Waals surface area contributed by atoms with Gasteiger partial charge in [0.15, 0.2) is 24.0 Å². The van der Waals surface area contributed by atoms with Crippen LogP contribution >= 0.6 is 11.3 Å². The summed E-state index contributed by atoms with van der Waals surface area (Å²) in [7, 11) is 1.33. The summed E-state index contributed by atoms with van der Waals surface area (Å²) < 4.78 is 23.8. The number of methoxy groups -OCH3 is 1. The Bertz CT molecular complexity index is 937. The van der Waals surface area contributed by atoms with Gasteiger partial charge in [-0.05, 0) is 49.4 Å². The number of rotatable bonds is 6. The van der Waals surface area contributed by atoms with E-state index in [0.29, 0.717) is 10.6 Å². The summed E-state index contributed by atoms with van der Waals surface area (Å²) in [5, 5.41) is 3.13. The molecule has 0 fully saturated rings. The summed E-state index contributed by atoms with van der Waals surface area (Å²) in [6.07, 6.45) is 3.56. The average molecular weight is 405 g/mol. The molecule has 1 amide bonds. The summed E-state index contributed by atoms with van der Waals surface area (Å²) in [6.45, 7) is 0.851. The number of fused-ring (bicyclic) bond motifs is 1. The monoisotopic (exact) mass is 405 g/mol. The van der Waals surface area contributed by atoms with Gasteiger partial charge in [-0.15, -0.1) is 11.3 Å². The van der Waals surface area contributed by atoms with Gasteiger partial charge in [-0.25, -0.2) is 9.18 Å². The SMILES string of the molecule is COc1ccc(C(=O)COC(=O)c2c(NC(C)=O)sc3c2CCCC3)cc1F. The lowest BCUT2D eigenvalue weighted by Crippen LogP contribution is -2.17. The van der Waals surface area contributed by atoms with Crippen LogP contribution in [0, 0.1) is 5.82 Å². The molecule has 2 aromatic rings. The van der Waals surface area contributed by atoms with Crippen LogP contribution in [0.5, 0.6) is 5.75 Å². The molecular formula is C20H20FNO5S. The molecule has 1 heterocycles. The third kappa shape index (κ3) is 4.22. The average Bonchev–Trinajstić information content (AvgIpc) is 3.02. The summed E-state index contributed by atoms with van der Waals surface area (Å²) in [4.78, 5) is 37.5. The van der Waals surface area contributed by atoms with Crippen LogP contribution in [-0.4, -0.2) is 31.4 Å². The van der Waals surface area contributed by atoms with E-state index in [1.807, 2.05) is 0 Å². The second-order valence-corrected chi connectivity index (χ2v) is 7.55. The van der Waals surface area contributed by atoms with Crippen LogP contribution in [0.2, 0.25) is 0 Å². The van der Waals surface area contributed by atoms with Gasteiger partial charge < -0.3 is 14.8 Å². The van der Waals surface area contributed by atoms with Crippen molar-refractivity contribution in [3.05, 3.63) is 45.6 Å². The molecule has 6 nitrogen and oxygen atoms in total. The highest BCUT2D eigenvalue weighted by Gasteiger charge is 2.27. The van der Waals surface area contributed by atoms with Crippen LogP contribution in [0.15, 0.2) is 18.2 Å². The topological polar surface area (TPSA) is 81.7 Å². The van der Waals surface area contributed by atoms with Gasteiger partial charge in [0, 0.05) is 17.4 Å². The molecular weight excluding hydrogens is 385 g/mol. The standard InChI is InChI=1S/C20H20FNO5S/c1-11(23)22-19-18(13-5-3-4-6-17(13)28-19)20(25)27-10-15(24)12-7-8-16(26-2)14(21)9-12/h7-9H,3-6,10H2,1-2H3,(H,22,23). The Morgan fingerprint density at radius 2 is 1.96 bits per heavy atom. The van der Waals surface area contributed by atoms with E-state index >= 15 is 0 Å². The Morgan fingerprint density at radius 1 is 1.21 bits per heavy atom. The van der Waals surface area contributed by atoms with Crippen molar-refractivity contribution in [3.63, 3.8) is 0 Å². The molecule has 1 aromatic heterocycles. The minimum Gasteiger partial charge on any atom is -0.494 e. The summed E-state index contributed by atoms with van der Waals surface area (Å²) >= 11 is 1.37. The highest BCUT2D eigenvalue weighted by atomic mass is 32.1. The van der Waals surface area contributed by atoms with Crippen molar-refractivity contribution in [2.45, 2.75) is 32.6 Å². The first-order valence-electron chi connectivity index (χ1n) is 8.86. The maximum absolute atomic E-state index is 13.8. The van der Waals surface area contributed by atoms with Gasteiger partial charge >= 0.3 is 5.97 Å². The van der Waals surface area contributed by atoms with Crippen molar-refractivity contribution in [1.29, 1.82) is 0 Å². The summed E-state index contributed by atoms with van der Waals surface area (Å²) in [5.41, 5.74) is 1.29. The Labute approximate surface area is 165 Å². The molecule has 148 valence electrons. The van der Waals surface area contributed by atoms with Gasteiger partial charge in [0.2, 0.25) is 5.91 Å². The minimum atomic E-state index is -0.667. The quantitative estimate of drug-likeness (QED) is 0.584. The molecule has 28 heavy (non-hydrogen) atoms. The molecule has 0 unspecified atom stereocenters. The van der Waals surface area contributed by atoms with E-state index in [-0.39, 0.29) is 17.2 Å². The van der Waals surface area contributed by atoms with E-state index < -0.39 is 24.2 Å². The number of ether oxygens (including phenoxy) is 2. The van der Waals surface area contributed by atoms with Crippen molar-refractivity contribution in [2.75, 3.05) is 19.0 Å². The first-order chi connectivity index (χ1) is 13.4. The fourth-order valence-electron chi connectivity index (χ4n) is 3.16. The van der Waals surface area contributed by atoms with E-state index in [1.54, 1.807) is 0 Å². The number of hydrogen-bond acceptors (Lipinski definition) is 6. The number of carbonyl (C=O) groups is 3. The maximum atomic E-state index is 13.8. The highest BCUT2D eigenvalue weighted by Crippen LogP contribution is 2.38. The number of halogens is 1. The highest BCUT2D eigenvalue weighted by molar-refractivity contribution is 7.17. The normalized spacial score (nSPS) is 12.8. The number of nitrogens with one attached hydrogen (secondary N) is 1. The van der Waals surface area contributed by atoms with Crippen LogP contribution in [0.1, 0.15) is 50.9 Å². The zero-order valence-electron chi connectivity index (χ0n) is 15.6. The second-order valence-electron chi connectivity index (χ2n) is 6.44. The third-order valence-corrected chi connectivity index (χ3v) is 5.68. The van der Waals surface area contributed by atoms with Crippen molar-refractivity contribution >= 4 is 34.0 Å². The Morgan fingerprint density at radius 3 is 2.64 bits per heavy atom. The predicted octanol–water partition coefficient (Wildman–Crippen LogP) is 3.77. The van der Waals surface area contributed by atoms with Crippen molar-refractivity contribution in [2.24, 2.45) is 0 Å². The van der Waals surface area contributed by atoms with Crippen molar-refractivity contribution in [3.8, 4) is 5.75 Å². The van der Waals surface area contributed by atoms with Crippen LogP contribution in [0.4, 0.5) is 9.39 Å². The molecule has 0 saturated heterocycles. The van der Waals surface area contributed by atoms with Crippen LogP contribution in [0.3, 0.4) is 0 Å². The number of amides is 1. The molecule has 1 aliphatic carbocycles. The molecule has 1 aromatic carbocycles. The second kappa shape index (κ2) is 8.52. The zero-order chi connectivity index (χ0) is 20.3.